The zero-order valence-electron chi connectivity index (χ0n) is 89.3. The van der Waals surface area contributed by atoms with Crippen LogP contribution in [-0.4, -0.2) is 281 Å². The molecule has 0 spiro atoms. The fourth-order valence-electron chi connectivity index (χ4n) is 17.6. The largest absolute Gasteiger partial charge is 0.481 e. The maximum atomic E-state index is 12.9. The van der Waals surface area contributed by atoms with Crippen LogP contribution in [0.3, 0.4) is 0 Å². The SMILES string of the molecule is C.CC(C)(C)CC(=O)CN.CC(C)(C)CC(=O)CNC(=O)[C@@H]1CC[C@@H]2CN1C(=O)N2OCc1ccccc1.CC(C)(C)CC(=O)O.CC(C)(C)Cc1nnc([C@@H]2CC[C@@H]3CN2C(=O)N3O)o1.CC(C)(C)Cc1nnc([C@@H]2CC[C@@H]3CN2C(=O)N3OCc2ccccc2)o1.CC(C)(N)Cc1nnc([C@@H]2CC[C@@H]3CN2C(=O)N3OS(=O)(=O)O)o1.COC(=O)CC(C)(C)C.NN.O.O=C(O)[C@@H]1CC[C@@H]2CN1C(=O)N2OCc1ccccc1. The van der Waals surface area contributed by atoms with Crippen molar-refractivity contribution in [2.75, 3.05) is 52.9 Å². The molecular weight excluding hydrogens is 1960 g/mol. The van der Waals surface area contributed by atoms with Gasteiger partial charge in [0.25, 0.3) is 0 Å². The number of amides is 11. The van der Waals surface area contributed by atoms with Crippen molar-refractivity contribution >= 4 is 75.9 Å². The van der Waals surface area contributed by atoms with Gasteiger partial charge < -0.3 is 75.0 Å². The summed E-state index contributed by atoms with van der Waals surface area (Å²) in [4.78, 5) is 154. The molecule has 0 radical (unpaired) electrons. The van der Waals surface area contributed by atoms with Crippen molar-refractivity contribution in [1.82, 2.24) is 85.7 Å². The maximum absolute atomic E-state index is 12.9. The number of nitrogens with zero attached hydrogens (tertiary/aromatic N) is 16. The molecule has 48 heteroatoms. The second kappa shape index (κ2) is 54.7. The van der Waals surface area contributed by atoms with Crippen molar-refractivity contribution in [3.8, 4) is 0 Å². The number of hydroxylamine groups is 10. The third-order valence-corrected chi connectivity index (χ3v) is 24.4. The number of carboxylic acids is 2. The van der Waals surface area contributed by atoms with Crippen LogP contribution in [0.1, 0.15) is 306 Å². The number of methoxy groups -OCH3 is 1. The van der Waals surface area contributed by atoms with Crippen molar-refractivity contribution in [1.29, 1.82) is 0 Å². The zero-order valence-corrected chi connectivity index (χ0v) is 90.1. The van der Waals surface area contributed by atoms with Crippen LogP contribution in [0.5, 0.6) is 0 Å². The number of ketones is 2. The van der Waals surface area contributed by atoms with Gasteiger partial charge in [0.2, 0.25) is 41.3 Å². The number of aliphatic carboxylic acids is 2. The number of carbonyl (C=O) groups is 11. The first-order chi connectivity index (χ1) is 68.5. The van der Waals surface area contributed by atoms with Crippen LogP contribution in [-0.2, 0) is 102 Å². The van der Waals surface area contributed by atoms with Gasteiger partial charge in [-0.05, 0) is 127 Å². The normalized spacial score (nSPS) is 21.1. The molecule has 3 aromatic heterocycles. The Labute approximate surface area is 873 Å². The third kappa shape index (κ3) is 39.8. The summed E-state index contributed by atoms with van der Waals surface area (Å²) in [5.41, 5.74) is 13.7. The lowest BCUT2D eigenvalue weighted by molar-refractivity contribution is -0.144. The average molecular weight is 2120 g/mol. The van der Waals surface area contributed by atoms with Crippen LogP contribution in [0.4, 0.5) is 24.0 Å². The van der Waals surface area contributed by atoms with E-state index >= 15 is 0 Å². The predicted octanol–water partition coefficient (Wildman–Crippen LogP) is 12.4. The highest BCUT2D eigenvalue weighted by atomic mass is 32.3. The molecule has 13 heterocycles. The summed E-state index contributed by atoms with van der Waals surface area (Å²) in [7, 11) is -3.35. The summed E-state index contributed by atoms with van der Waals surface area (Å²) in [6.45, 7) is 43.7. The van der Waals surface area contributed by atoms with Gasteiger partial charge in [0.05, 0.1) is 63.3 Å². The Bertz CT molecular complexity index is 5410. The Morgan fingerprint density at radius 3 is 1.06 bits per heavy atom. The Balaban J connectivity index is 0.000000267. The Hall–Kier alpha value is -11.8. The van der Waals surface area contributed by atoms with E-state index in [0.29, 0.717) is 151 Å². The summed E-state index contributed by atoms with van der Waals surface area (Å²) in [5, 5.41) is 60.0. The van der Waals surface area contributed by atoms with Gasteiger partial charge in [0, 0.05) is 70.4 Å². The number of hydrogen-bond donors (Lipinski definition) is 9. The Morgan fingerprint density at radius 2 is 0.738 bits per heavy atom. The Morgan fingerprint density at radius 1 is 0.423 bits per heavy atom. The summed E-state index contributed by atoms with van der Waals surface area (Å²) in [5.74, 6) is 8.95. The molecule has 15 N–H and O–H groups in total. The third-order valence-electron chi connectivity index (χ3n) is 24.0. The molecule has 0 aliphatic carbocycles. The fourth-order valence-corrected chi connectivity index (χ4v) is 18.0. The predicted molar refractivity (Wildman–Crippen MR) is 544 cm³/mol. The van der Waals surface area contributed by atoms with Crippen LogP contribution in [0.25, 0.3) is 0 Å². The van der Waals surface area contributed by atoms with E-state index in [4.69, 9.17) is 54.0 Å². The molecule has 6 aromatic rings. The van der Waals surface area contributed by atoms with Gasteiger partial charge in [-0.3, -0.25) is 59.9 Å². The number of esters is 1. The monoisotopic (exact) mass is 2120 g/mol. The van der Waals surface area contributed by atoms with Gasteiger partial charge in [0.15, 0.2) is 5.78 Å². The first kappa shape index (κ1) is 126. The number of hydrazine groups is 1. The van der Waals surface area contributed by atoms with Crippen molar-refractivity contribution in [2.45, 2.75) is 341 Å². The molecule has 0 unspecified atom stereocenters. The molecule has 11 amide bonds. The number of fused-ring (bicyclic) bond motifs is 10. The lowest BCUT2D eigenvalue weighted by Crippen LogP contribution is -2.50. The summed E-state index contributed by atoms with van der Waals surface area (Å²) < 4.78 is 56.6. The molecule has 832 valence electrons. The summed E-state index contributed by atoms with van der Waals surface area (Å²) >= 11 is 0. The van der Waals surface area contributed by atoms with Crippen LogP contribution >= 0.6 is 0 Å². The molecular formula is C101H161N21O26S. The van der Waals surface area contributed by atoms with Gasteiger partial charge in [-0.15, -0.1) is 34.9 Å². The van der Waals surface area contributed by atoms with Crippen LogP contribution in [0, 0.1) is 32.5 Å². The lowest BCUT2D eigenvalue weighted by Gasteiger charge is -2.29. The molecule has 0 saturated carbocycles. The topological polar surface area (TPSA) is 646 Å². The standard InChI is InChI=1S/C21H29N3O4.C20H26N4O3.C14H16N2O4.C13H20N4O3.C12H19N5O6S.C7H15NO.C7H14O2.C6H12O2.CH4.H4N2.H2O/c1-21(2,3)11-17(25)12-22-19(26)18-10-9-16-13-23(18)20(27)24(16)28-14-15-7-5-4-6-8-15;1-20(2,3)11-17-21-22-18(27-17)16-10-9-15-12-23(16)19(25)24(15)26-13-14-7-5-4-6-8-14;17-13(18)12-7-6-11-8-15(12)14(19)16(11)20-9-10-4-2-1-3-5-10;1-13(2,3)6-10-14-15-11(20-10)9-5-4-8-7-16(9)12(18)17(8)19;1-12(2,13)5-9-14-15-10(22-9)8-4-3-7-6-16(8)11(18)17(7)23-24(19,20)21;1-7(2,3)4-6(9)5-8;1-7(2,3)5-6(8)9-4;1-6(2,3)4-5(7)8;;1-2;/h4-8,16,18H,9-14H2,1-3H3,(H,22,26);4-8,15-16H,9-13H2,1-3H3;1-5,11-12H,6-9H2,(H,17,18);8-9,19H,4-7H2,1-3H3;7-8H,3-6,13H2,1-2H3,(H,19,20,21);4-5,8H2,1-3H3;5H2,1-4H3;4H2,1-3H3,(H,7,8);1H4;1-2H2;1H2/t16-,18+;15-,16+;11-,12+;8-,9+;7-,8+;;;;;;/m11111....../s1. The molecule has 149 heavy (non-hydrogen) atoms. The van der Waals surface area contributed by atoms with Crippen LogP contribution in [0.2, 0.25) is 0 Å². The molecule has 3 aromatic carbocycles. The van der Waals surface area contributed by atoms with E-state index in [-0.39, 0.29) is 161 Å². The van der Waals surface area contributed by atoms with E-state index in [0.717, 1.165) is 53.9 Å². The van der Waals surface area contributed by atoms with Gasteiger partial charge >= 0.3 is 58.5 Å². The van der Waals surface area contributed by atoms with E-state index in [9.17, 15) is 66.4 Å². The fraction of sp³-hybridized carbons (Fsp3) is 0.653. The van der Waals surface area contributed by atoms with E-state index in [1.807, 2.05) is 188 Å². The molecule has 10 saturated heterocycles. The van der Waals surface area contributed by atoms with E-state index in [1.54, 1.807) is 14.7 Å². The molecule has 10 fully saturated rings. The average Bonchev–Trinajstić information content (AvgIpc) is 1.62. The highest BCUT2D eigenvalue weighted by Crippen LogP contribution is 2.43. The number of urea groups is 5. The van der Waals surface area contributed by atoms with E-state index in [2.05, 4.69) is 98.2 Å². The minimum absolute atomic E-state index is 0. The second-order valence-corrected chi connectivity index (χ2v) is 46.8. The number of benzene rings is 3. The first-order valence-electron chi connectivity index (χ1n) is 49.5. The maximum Gasteiger partial charge on any atom is 0.418 e. The molecule has 10 aliphatic rings. The summed E-state index contributed by atoms with van der Waals surface area (Å²) in [6.07, 6.45) is 10.1. The zero-order chi connectivity index (χ0) is 109. The van der Waals surface area contributed by atoms with Gasteiger partial charge in [0.1, 0.15) is 55.8 Å². The minimum Gasteiger partial charge on any atom is -0.481 e. The number of aromatic nitrogens is 6. The van der Waals surface area contributed by atoms with Crippen LogP contribution < -0.4 is 28.5 Å². The first-order valence-corrected chi connectivity index (χ1v) is 50.9. The number of carbonyl (C=O) groups excluding carboxylic acids is 9. The lowest BCUT2D eigenvalue weighted by atomic mass is 9.90. The van der Waals surface area contributed by atoms with Crippen molar-refractivity contribution in [2.24, 2.45) is 55.6 Å². The highest BCUT2D eigenvalue weighted by Gasteiger charge is 2.54. The van der Waals surface area contributed by atoms with Crippen molar-refractivity contribution in [3.63, 3.8) is 0 Å². The minimum atomic E-state index is -4.76. The number of carboxylic acid groups (broad SMARTS) is 2. The van der Waals surface area contributed by atoms with Crippen molar-refractivity contribution in [3.05, 3.63) is 143 Å². The van der Waals surface area contributed by atoms with Gasteiger partial charge in [-0.2, -0.15) is 28.7 Å². The van der Waals surface area contributed by atoms with E-state index < -0.39 is 58.1 Å². The number of Topliss-reactive ketones (excluding diaryl/α,β-unsaturated/α-hetero) is 2. The second-order valence-electron chi connectivity index (χ2n) is 45.8. The van der Waals surface area contributed by atoms with Crippen LogP contribution in [0.15, 0.2) is 104 Å². The molecule has 10 atom stereocenters. The van der Waals surface area contributed by atoms with Gasteiger partial charge in [-0.1, -0.05) is 223 Å². The quantitative estimate of drug-likeness (QED) is 0.00760. The smallest absolute Gasteiger partial charge is 0.418 e. The molecule has 10 bridgehead atoms. The number of nitrogens with two attached hydrogens (primary N) is 4. The van der Waals surface area contributed by atoms with Gasteiger partial charge in [-0.25, -0.2) is 33.8 Å². The highest BCUT2D eigenvalue weighted by molar-refractivity contribution is 7.80. The summed E-state index contributed by atoms with van der Waals surface area (Å²) in [6, 6.07) is 24.7. The van der Waals surface area contributed by atoms with Crippen molar-refractivity contribution < 1.29 is 123 Å². The number of hydrogen-bond acceptors (Lipinski definition) is 32. The number of nitrogens with one attached hydrogen (secondary N) is 1. The number of ether oxygens (including phenoxy) is 1. The molecule has 47 nitrogen and oxygen atoms in total. The Kier molecular flexibility index (Phi) is 46.2. The molecule has 10 aliphatic heterocycles. The number of piperidine rings is 5. The number of rotatable bonds is 27. The molecule has 16 rings (SSSR count). The van der Waals surface area contributed by atoms with E-state index in [1.165, 1.54) is 32.1 Å².